The molecule has 0 saturated carbocycles. The summed E-state index contributed by atoms with van der Waals surface area (Å²) in [7, 11) is 0. The van der Waals surface area contributed by atoms with Crippen molar-refractivity contribution in [3.05, 3.63) is 58.1 Å². The average Bonchev–Trinajstić information content (AvgIpc) is 2.39. The number of anilines is 1. The fourth-order valence-electron chi connectivity index (χ4n) is 1.93. The summed E-state index contributed by atoms with van der Waals surface area (Å²) < 4.78 is 0. The number of nitrogens with one attached hydrogen (secondary N) is 1. The fourth-order valence-corrected chi connectivity index (χ4v) is 3.01. The number of hydrogen-bond donors (Lipinski definition) is 1. The maximum atomic E-state index is 11.3. The second kappa shape index (κ2) is 6.43. The highest BCUT2D eigenvalue weighted by Crippen LogP contribution is 2.39. The highest BCUT2D eigenvalue weighted by molar-refractivity contribution is 7.99. The summed E-state index contributed by atoms with van der Waals surface area (Å²) in [6, 6.07) is 13.3. The average molecular weight is 288 g/mol. The Hall–Kier alpha value is -2.01. The molecule has 2 aromatic rings. The largest absolute Gasteiger partial charge is 0.380 e. The molecule has 0 radical (unpaired) electrons. The first-order chi connectivity index (χ1) is 9.61. The van der Waals surface area contributed by atoms with Gasteiger partial charge in [-0.3, -0.25) is 10.1 Å². The Morgan fingerprint density at radius 2 is 2.00 bits per heavy atom. The number of nitrogens with zero attached hydrogens (tertiary/aromatic N) is 1. The van der Waals surface area contributed by atoms with E-state index in [-0.39, 0.29) is 10.6 Å². The molecule has 0 saturated heterocycles. The number of rotatable bonds is 5. The molecule has 0 fully saturated rings. The summed E-state index contributed by atoms with van der Waals surface area (Å²) >= 11 is 1.42. The van der Waals surface area contributed by atoms with Gasteiger partial charge in [0, 0.05) is 11.4 Å². The van der Waals surface area contributed by atoms with Crippen LogP contribution >= 0.6 is 11.8 Å². The standard InChI is InChI=1S/C15H16N2O2S/c1-3-16-13-8-5-9-14(15(13)17(18)19)20-12-7-4-6-11(2)10-12/h4-10,16H,3H2,1-2H3. The molecule has 2 rings (SSSR count). The monoisotopic (exact) mass is 288 g/mol. The van der Waals surface area contributed by atoms with E-state index in [1.165, 1.54) is 11.8 Å². The van der Waals surface area contributed by atoms with Crippen molar-refractivity contribution in [1.82, 2.24) is 0 Å². The minimum atomic E-state index is -0.323. The van der Waals surface area contributed by atoms with Gasteiger partial charge in [-0.15, -0.1) is 0 Å². The molecule has 0 unspecified atom stereocenters. The van der Waals surface area contributed by atoms with Gasteiger partial charge in [0.1, 0.15) is 5.69 Å². The van der Waals surface area contributed by atoms with E-state index in [2.05, 4.69) is 5.32 Å². The van der Waals surface area contributed by atoms with E-state index in [1.54, 1.807) is 12.1 Å². The molecule has 5 heteroatoms. The number of nitro groups is 1. The van der Waals surface area contributed by atoms with Gasteiger partial charge in [-0.1, -0.05) is 35.5 Å². The van der Waals surface area contributed by atoms with E-state index in [0.29, 0.717) is 17.1 Å². The predicted molar refractivity (Wildman–Crippen MR) is 82.6 cm³/mol. The maximum absolute atomic E-state index is 11.3. The van der Waals surface area contributed by atoms with Crippen LogP contribution in [0.1, 0.15) is 12.5 Å². The lowest BCUT2D eigenvalue weighted by atomic mass is 10.2. The zero-order valence-corrected chi connectivity index (χ0v) is 12.2. The van der Waals surface area contributed by atoms with Crippen molar-refractivity contribution in [3.8, 4) is 0 Å². The van der Waals surface area contributed by atoms with E-state index in [4.69, 9.17) is 0 Å². The van der Waals surface area contributed by atoms with Crippen LogP contribution in [0.3, 0.4) is 0 Å². The van der Waals surface area contributed by atoms with Gasteiger partial charge in [-0.2, -0.15) is 0 Å². The number of para-hydroxylation sites is 1. The number of hydrogen-bond acceptors (Lipinski definition) is 4. The third-order valence-corrected chi connectivity index (χ3v) is 3.81. The van der Waals surface area contributed by atoms with Gasteiger partial charge in [0.25, 0.3) is 0 Å². The molecule has 0 spiro atoms. The molecular weight excluding hydrogens is 272 g/mol. The molecular formula is C15H16N2O2S. The molecule has 0 bridgehead atoms. The molecule has 1 N–H and O–H groups in total. The Morgan fingerprint density at radius 3 is 2.65 bits per heavy atom. The Labute approximate surface area is 122 Å². The molecule has 0 aliphatic rings. The van der Waals surface area contributed by atoms with Crippen LogP contribution in [0.4, 0.5) is 11.4 Å². The molecule has 0 aliphatic heterocycles. The van der Waals surface area contributed by atoms with E-state index in [9.17, 15) is 10.1 Å². The molecule has 2 aromatic carbocycles. The molecule has 20 heavy (non-hydrogen) atoms. The van der Waals surface area contributed by atoms with E-state index >= 15 is 0 Å². The first kappa shape index (κ1) is 14.4. The Kier molecular flexibility index (Phi) is 4.63. The van der Waals surface area contributed by atoms with Crippen LogP contribution in [0, 0.1) is 17.0 Å². The quantitative estimate of drug-likeness (QED) is 0.650. The van der Waals surface area contributed by atoms with Gasteiger partial charge in [-0.25, -0.2) is 0 Å². The van der Waals surface area contributed by atoms with Crippen LogP contribution in [0.5, 0.6) is 0 Å². The van der Waals surface area contributed by atoms with Crippen molar-refractivity contribution in [2.75, 3.05) is 11.9 Å². The number of aryl methyl sites for hydroxylation is 1. The van der Waals surface area contributed by atoms with Gasteiger partial charge in [-0.05, 0) is 38.1 Å². The summed E-state index contributed by atoms with van der Waals surface area (Å²) in [5.41, 5.74) is 1.84. The minimum Gasteiger partial charge on any atom is -0.380 e. The first-order valence-corrected chi connectivity index (χ1v) is 7.19. The lowest BCUT2D eigenvalue weighted by molar-refractivity contribution is -0.386. The highest BCUT2D eigenvalue weighted by Gasteiger charge is 2.19. The zero-order chi connectivity index (χ0) is 14.5. The van der Waals surface area contributed by atoms with Crippen LogP contribution in [0.15, 0.2) is 52.3 Å². The predicted octanol–water partition coefficient (Wildman–Crippen LogP) is 4.49. The lowest BCUT2D eigenvalue weighted by Gasteiger charge is -2.08. The summed E-state index contributed by atoms with van der Waals surface area (Å²) in [5.74, 6) is 0. The SMILES string of the molecule is CCNc1cccc(Sc2cccc(C)c2)c1[N+](=O)[O-]. The molecule has 0 heterocycles. The van der Waals surface area contributed by atoms with Crippen molar-refractivity contribution < 1.29 is 4.92 Å². The van der Waals surface area contributed by atoms with Gasteiger partial charge >= 0.3 is 5.69 Å². The van der Waals surface area contributed by atoms with Gasteiger partial charge in [0.15, 0.2) is 0 Å². The van der Waals surface area contributed by atoms with E-state index < -0.39 is 0 Å². The first-order valence-electron chi connectivity index (χ1n) is 6.37. The van der Waals surface area contributed by atoms with Crippen LogP contribution < -0.4 is 5.32 Å². The molecule has 4 nitrogen and oxygen atoms in total. The second-order valence-corrected chi connectivity index (χ2v) is 5.47. The lowest BCUT2D eigenvalue weighted by Crippen LogP contribution is -2.02. The van der Waals surface area contributed by atoms with Crippen molar-refractivity contribution in [3.63, 3.8) is 0 Å². The molecule has 0 aromatic heterocycles. The highest BCUT2D eigenvalue weighted by atomic mass is 32.2. The van der Waals surface area contributed by atoms with Crippen LogP contribution in [-0.4, -0.2) is 11.5 Å². The van der Waals surface area contributed by atoms with Gasteiger partial charge < -0.3 is 5.32 Å². The van der Waals surface area contributed by atoms with Crippen molar-refractivity contribution in [2.45, 2.75) is 23.6 Å². The number of benzene rings is 2. The number of nitro benzene ring substituents is 1. The second-order valence-electron chi connectivity index (χ2n) is 4.36. The Bertz CT molecular complexity index is 629. The van der Waals surface area contributed by atoms with Crippen LogP contribution in [0.25, 0.3) is 0 Å². The normalized spacial score (nSPS) is 10.3. The third-order valence-electron chi connectivity index (χ3n) is 2.77. The molecule has 104 valence electrons. The topological polar surface area (TPSA) is 55.2 Å². The summed E-state index contributed by atoms with van der Waals surface area (Å²) in [6.45, 7) is 4.58. The Morgan fingerprint density at radius 1 is 1.25 bits per heavy atom. The summed E-state index contributed by atoms with van der Waals surface area (Å²) in [4.78, 5) is 12.7. The van der Waals surface area contributed by atoms with Crippen LogP contribution in [0.2, 0.25) is 0 Å². The van der Waals surface area contributed by atoms with Crippen LogP contribution in [-0.2, 0) is 0 Å². The molecule has 0 atom stereocenters. The van der Waals surface area contributed by atoms with Gasteiger partial charge in [0.05, 0.1) is 9.82 Å². The Balaban J connectivity index is 2.40. The van der Waals surface area contributed by atoms with Crippen molar-refractivity contribution >= 4 is 23.1 Å². The van der Waals surface area contributed by atoms with E-state index in [1.807, 2.05) is 44.2 Å². The fraction of sp³-hybridized carbons (Fsp3) is 0.200. The summed E-state index contributed by atoms with van der Waals surface area (Å²) in [6.07, 6.45) is 0. The molecule has 0 amide bonds. The van der Waals surface area contributed by atoms with Crippen molar-refractivity contribution in [2.24, 2.45) is 0 Å². The summed E-state index contributed by atoms with van der Waals surface area (Å²) in [5, 5.41) is 14.4. The van der Waals surface area contributed by atoms with Gasteiger partial charge in [0.2, 0.25) is 0 Å². The van der Waals surface area contributed by atoms with Crippen molar-refractivity contribution in [1.29, 1.82) is 0 Å². The zero-order valence-electron chi connectivity index (χ0n) is 11.4. The third kappa shape index (κ3) is 3.30. The smallest absolute Gasteiger partial charge is 0.306 e. The maximum Gasteiger partial charge on any atom is 0.306 e. The van der Waals surface area contributed by atoms with E-state index in [0.717, 1.165) is 10.5 Å². The molecule has 0 aliphatic carbocycles. The minimum absolute atomic E-state index is 0.140.